The molecule has 5 nitrogen and oxygen atoms in total. The zero-order chi connectivity index (χ0) is 16.5. The standard InChI is InChI=1S/C18H20FN3O2/c19-14-4-2-13(3-5-14)17-8-16(24-21-17)9-20-18(23)11-22-10-12-1-6-15(22)7-12/h2-5,8,12,15H,1,6-7,9-11H2,(H,20,23)/t12-,15+/m0/s1. The molecule has 1 saturated carbocycles. The number of nitrogens with zero attached hydrogens (tertiary/aromatic N) is 2. The lowest BCUT2D eigenvalue weighted by atomic mass is 10.1. The molecule has 1 amide bonds. The number of benzene rings is 1. The minimum absolute atomic E-state index is 0.0160. The fraction of sp³-hybridized carbons (Fsp3) is 0.444. The molecule has 2 bridgehead atoms. The number of hydrogen-bond acceptors (Lipinski definition) is 4. The van der Waals surface area contributed by atoms with Gasteiger partial charge in [-0.25, -0.2) is 4.39 Å². The van der Waals surface area contributed by atoms with E-state index in [1.54, 1.807) is 18.2 Å². The molecule has 2 atom stereocenters. The van der Waals surface area contributed by atoms with Crippen molar-refractivity contribution in [2.75, 3.05) is 13.1 Å². The first kappa shape index (κ1) is 15.3. The molecule has 1 saturated heterocycles. The number of amides is 1. The van der Waals surface area contributed by atoms with Crippen LogP contribution in [-0.2, 0) is 11.3 Å². The number of hydrogen-bond donors (Lipinski definition) is 1. The van der Waals surface area contributed by atoms with Gasteiger partial charge in [0, 0.05) is 24.2 Å². The predicted molar refractivity (Wildman–Crippen MR) is 86.4 cm³/mol. The molecular formula is C18H20FN3O2. The number of aromatic nitrogens is 1. The first-order chi connectivity index (χ1) is 11.7. The third kappa shape index (κ3) is 3.19. The molecule has 1 aromatic heterocycles. The van der Waals surface area contributed by atoms with Crippen molar-refractivity contribution < 1.29 is 13.7 Å². The smallest absolute Gasteiger partial charge is 0.234 e. The molecule has 0 unspecified atom stereocenters. The molecule has 2 aromatic rings. The lowest BCUT2D eigenvalue weighted by molar-refractivity contribution is -0.122. The van der Waals surface area contributed by atoms with Crippen molar-refractivity contribution in [2.45, 2.75) is 31.8 Å². The molecule has 24 heavy (non-hydrogen) atoms. The summed E-state index contributed by atoms with van der Waals surface area (Å²) in [7, 11) is 0. The summed E-state index contributed by atoms with van der Waals surface area (Å²) in [6, 6.07) is 8.43. The number of halogens is 1. The normalized spacial score (nSPS) is 22.9. The second kappa shape index (κ2) is 6.36. The summed E-state index contributed by atoms with van der Waals surface area (Å²) in [5.41, 5.74) is 1.42. The van der Waals surface area contributed by atoms with E-state index in [1.165, 1.54) is 31.4 Å². The number of rotatable bonds is 5. The molecule has 2 fully saturated rings. The Morgan fingerprint density at radius 1 is 1.33 bits per heavy atom. The van der Waals surface area contributed by atoms with Gasteiger partial charge in [0.1, 0.15) is 11.5 Å². The van der Waals surface area contributed by atoms with E-state index < -0.39 is 0 Å². The van der Waals surface area contributed by atoms with Crippen LogP contribution in [0.15, 0.2) is 34.9 Å². The molecule has 1 N–H and O–H groups in total. The molecule has 0 spiro atoms. The maximum absolute atomic E-state index is 12.9. The number of likely N-dealkylation sites (tertiary alicyclic amines) is 1. The molecule has 4 rings (SSSR count). The highest BCUT2D eigenvalue weighted by atomic mass is 19.1. The molecule has 0 radical (unpaired) electrons. The van der Waals surface area contributed by atoms with Crippen molar-refractivity contribution in [2.24, 2.45) is 5.92 Å². The van der Waals surface area contributed by atoms with Gasteiger partial charge in [0.15, 0.2) is 5.76 Å². The van der Waals surface area contributed by atoms with E-state index in [4.69, 9.17) is 4.52 Å². The van der Waals surface area contributed by atoms with Crippen LogP contribution in [0.3, 0.4) is 0 Å². The van der Waals surface area contributed by atoms with Crippen LogP contribution in [0.25, 0.3) is 11.3 Å². The molecule has 126 valence electrons. The van der Waals surface area contributed by atoms with E-state index in [0.717, 1.165) is 18.0 Å². The fourth-order valence-electron chi connectivity index (χ4n) is 3.80. The summed E-state index contributed by atoms with van der Waals surface area (Å²) in [6.45, 7) is 1.82. The van der Waals surface area contributed by atoms with Crippen LogP contribution in [0.5, 0.6) is 0 Å². The van der Waals surface area contributed by atoms with Crippen LogP contribution in [-0.4, -0.2) is 35.1 Å². The highest BCUT2D eigenvalue weighted by Gasteiger charge is 2.38. The topological polar surface area (TPSA) is 58.4 Å². The second-order valence-corrected chi connectivity index (χ2v) is 6.72. The minimum Gasteiger partial charge on any atom is -0.359 e. The first-order valence-corrected chi connectivity index (χ1v) is 8.39. The van der Waals surface area contributed by atoms with Crippen LogP contribution >= 0.6 is 0 Å². The Balaban J connectivity index is 1.30. The van der Waals surface area contributed by atoms with Crippen molar-refractivity contribution in [3.05, 3.63) is 41.9 Å². The summed E-state index contributed by atoms with van der Waals surface area (Å²) < 4.78 is 18.2. The predicted octanol–water partition coefficient (Wildman–Crippen LogP) is 2.58. The van der Waals surface area contributed by atoms with Gasteiger partial charge < -0.3 is 9.84 Å². The maximum Gasteiger partial charge on any atom is 0.234 e. The van der Waals surface area contributed by atoms with Crippen LogP contribution < -0.4 is 5.32 Å². The number of nitrogens with one attached hydrogen (secondary N) is 1. The quantitative estimate of drug-likeness (QED) is 0.916. The lowest BCUT2D eigenvalue weighted by Crippen LogP contribution is -2.40. The molecule has 6 heteroatoms. The van der Waals surface area contributed by atoms with Crippen molar-refractivity contribution in [3.8, 4) is 11.3 Å². The Kier molecular flexibility index (Phi) is 4.06. The number of carbonyl (C=O) groups excluding carboxylic acids is 1. The highest BCUT2D eigenvalue weighted by molar-refractivity contribution is 5.78. The van der Waals surface area contributed by atoms with Crippen molar-refractivity contribution in [3.63, 3.8) is 0 Å². The first-order valence-electron chi connectivity index (χ1n) is 8.39. The zero-order valence-electron chi connectivity index (χ0n) is 13.4. The van der Waals surface area contributed by atoms with E-state index >= 15 is 0 Å². The van der Waals surface area contributed by atoms with Crippen LogP contribution in [0, 0.1) is 11.7 Å². The summed E-state index contributed by atoms with van der Waals surface area (Å²) >= 11 is 0. The third-order valence-corrected chi connectivity index (χ3v) is 5.03. The minimum atomic E-state index is -0.287. The number of piperidine rings is 1. The van der Waals surface area contributed by atoms with E-state index in [1.807, 2.05) is 0 Å². The van der Waals surface area contributed by atoms with Crippen LogP contribution in [0.1, 0.15) is 25.0 Å². The molecule has 1 aromatic carbocycles. The van der Waals surface area contributed by atoms with E-state index in [9.17, 15) is 9.18 Å². The Morgan fingerprint density at radius 2 is 2.17 bits per heavy atom. The van der Waals surface area contributed by atoms with E-state index in [2.05, 4.69) is 15.4 Å². The van der Waals surface area contributed by atoms with Gasteiger partial charge in [-0.1, -0.05) is 5.16 Å². The summed E-state index contributed by atoms with van der Waals surface area (Å²) in [5, 5.41) is 6.85. The van der Waals surface area contributed by atoms with Crippen LogP contribution in [0.2, 0.25) is 0 Å². The van der Waals surface area contributed by atoms with Crippen LogP contribution in [0.4, 0.5) is 4.39 Å². The van der Waals surface area contributed by atoms with Gasteiger partial charge in [-0.15, -0.1) is 0 Å². The number of fused-ring (bicyclic) bond motifs is 2. The SMILES string of the molecule is O=C(CN1C[C@H]2CC[C@@H]1C2)NCc1cc(-c2ccc(F)cc2)no1. The third-order valence-electron chi connectivity index (χ3n) is 5.03. The highest BCUT2D eigenvalue weighted by Crippen LogP contribution is 2.36. The Bertz CT molecular complexity index is 728. The van der Waals surface area contributed by atoms with Gasteiger partial charge in [-0.2, -0.15) is 0 Å². The summed E-state index contributed by atoms with van der Waals surface area (Å²) in [4.78, 5) is 14.4. The van der Waals surface area contributed by atoms with Gasteiger partial charge in [-0.3, -0.25) is 9.69 Å². The van der Waals surface area contributed by atoms with Crippen molar-refractivity contribution >= 4 is 5.91 Å². The molecule has 1 aliphatic carbocycles. The van der Waals surface area contributed by atoms with Gasteiger partial charge >= 0.3 is 0 Å². The van der Waals surface area contributed by atoms with Gasteiger partial charge in [0.25, 0.3) is 0 Å². The molecule has 2 aliphatic rings. The van der Waals surface area contributed by atoms with Gasteiger partial charge in [0.2, 0.25) is 5.91 Å². The lowest BCUT2D eigenvalue weighted by Gasteiger charge is -2.25. The van der Waals surface area contributed by atoms with E-state index in [0.29, 0.717) is 30.6 Å². The zero-order valence-corrected chi connectivity index (χ0v) is 13.4. The molecule has 1 aliphatic heterocycles. The Morgan fingerprint density at radius 3 is 2.88 bits per heavy atom. The van der Waals surface area contributed by atoms with E-state index in [-0.39, 0.29) is 11.7 Å². The fourth-order valence-corrected chi connectivity index (χ4v) is 3.80. The van der Waals surface area contributed by atoms with Gasteiger partial charge in [-0.05, 0) is 49.4 Å². The molecular weight excluding hydrogens is 309 g/mol. The summed E-state index contributed by atoms with van der Waals surface area (Å²) in [6.07, 6.45) is 3.78. The number of carbonyl (C=O) groups is 1. The maximum atomic E-state index is 12.9. The average molecular weight is 329 g/mol. The largest absolute Gasteiger partial charge is 0.359 e. The Labute approximate surface area is 139 Å². The Hall–Kier alpha value is -2.21. The summed E-state index contributed by atoms with van der Waals surface area (Å²) in [5.74, 6) is 1.11. The molecule has 2 heterocycles. The second-order valence-electron chi connectivity index (χ2n) is 6.72. The van der Waals surface area contributed by atoms with Crippen molar-refractivity contribution in [1.29, 1.82) is 0 Å². The van der Waals surface area contributed by atoms with Crippen molar-refractivity contribution in [1.82, 2.24) is 15.4 Å². The van der Waals surface area contributed by atoms with Gasteiger partial charge in [0.05, 0.1) is 13.1 Å². The average Bonchev–Trinajstić information content (AvgIpc) is 3.30. The monoisotopic (exact) mass is 329 g/mol.